The Bertz CT molecular complexity index is 445. The van der Waals surface area contributed by atoms with Crippen LogP contribution in [0.5, 0.6) is 0 Å². The Hall–Kier alpha value is -1.07. The van der Waals surface area contributed by atoms with Gasteiger partial charge in [-0.15, -0.1) is 0 Å². The highest BCUT2D eigenvalue weighted by Crippen LogP contribution is 2.15. The fourth-order valence-electron chi connectivity index (χ4n) is 2.58. The van der Waals surface area contributed by atoms with Crippen LogP contribution < -0.4 is 5.32 Å². The van der Waals surface area contributed by atoms with Crippen LogP contribution in [-0.4, -0.2) is 30.6 Å². The van der Waals surface area contributed by atoms with Crippen LogP contribution in [0.4, 0.5) is 13.2 Å². The van der Waals surface area contributed by atoms with Gasteiger partial charge in [0.05, 0.1) is 0 Å². The van der Waals surface area contributed by atoms with Crippen molar-refractivity contribution in [3.05, 3.63) is 35.1 Å². The molecule has 0 spiro atoms. The van der Waals surface area contributed by atoms with Crippen LogP contribution in [0.3, 0.4) is 0 Å². The number of benzene rings is 1. The van der Waals surface area contributed by atoms with Crippen molar-refractivity contribution in [2.75, 3.05) is 19.6 Å². The molecule has 5 heteroatoms. The van der Waals surface area contributed by atoms with E-state index in [0.717, 1.165) is 25.7 Å². The minimum Gasteiger partial charge on any atom is -0.309 e. The highest BCUT2D eigenvalue weighted by molar-refractivity contribution is 5.20. The molecule has 1 heterocycles. The van der Waals surface area contributed by atoms with Gasteiger partial charge in [0.15, 0.2) is 17.5 Å². The van der Waals surface area contributed by atoms with Crippen molar-refractivity contribution in [2.45, 2.75) is 38.8 Å². The summed E-state index contributed by atoms with van der Waals surface area (Å²) in [6, 6.07) is 2.43. The topological polar surface area (TPSA) is 15.3 Å². The summed E-state index contributed by atoms with van der Waals surface area (Å²) in [5, 5.41) is 3.16. The van der Waals surface area contributed by atoms with E-state index in [1.165, 1.54) is 25.3 Å². The monoisotopic (exact) mass is 286 g/mol. The first-order chi connectivity index (χ1) is 9.58. The van der Waals surface area contributed by atoms with Gasteiger partial charge in [0.2, 0.25) is 0 Å². The molecule has 1 aliphatic heterocycles. The number of rotatable bonds is 5. The van der Waals surface area contributed by atoms with E-state index in [2.05, 4.69) is 10.2 Å². The van der Waals surface area contributed by atoms with Crippen LogP contribution in [0.1, 0.15) is 31.7 Å². The zero-order valence-electron chi connectivity index (χ0n) is 11.8. The first-order valence-corrected chi connectivity index (χ1v) is 7.16. The van der Waals surface area contributed by atoms with Gasteiger partial charge in [-0.2, -0.15) is 0 Å². The molecule has 2 nitrogen and oxygen atoms in total. The quantitative estimate of drug-likeness (QED) is 0.837. The number of nitrogens with one attached hydrogen (secondary N) is 1. The molecule has 2 rings (SSSR count). The van der Waals surface area contributed by atoms with Crippen molar-refractivity contribution in [1.82, 2.24) is 10.2 Å². The molecule has 1 unspecified atom stereocenters. The zero-order valence-corrected chi connectivity index (χ0v) is 11.8. The molecule has 1 N–H and O–H groups in total. The molecule has 0 bridgehead atoms. The summed E-state index contributed by atoms with van der Waals surface area (Å²) in [7, 11) is 0. The Labute approximate surface area is 118 Å². The van der Waals surface area contributed by atoms with Crippen LogP contribution >= 0.6 is 0 Å². The molecule has 1 aromatic carbocycles. The third-order valence-corrected chi connectivity index (χ3v) is 3.74. The average molecular weight is 286 g/mol. The average Bonchev–Trinajstić information content (AvgIpc) is 2.45. The van der Waals surface area contributed by atoms with Crippen molar-refractivity contribution in [1.29, 1.82) is 0 Å². The van der Waals surface area contributed by atoms with Crippen molar-refractivity contribution >= 4 is 0 Å². The number of nitrogens with zero attached hydrogens (tertiary/aromatic N) is 1. The third kappa shape index (κ3) is 3.96. The van der Waals surface area contributed by atoms with Gasteiger partial charge < -0.3 is 10.2 Å². The van der Waals surface area contributed by atoms with Crippen molar-refractivity contribution in [2.24, 2.45) is 0 Å². The Morgan fingerprint density at radius 1 is 1.10 bits per heavy atom. The van der Waals surface area contributed by atoms with Gasteiger partial charge in [0.25, 0.3) is 0 Å². The Balaban J connectivity index is 1.83. The molecular weight excluding hydrogens is 265 g/mol. The molecule has 0 aromatic heterocycles. The summed E-state index contributed by atoms with van der Waals surface area (Å²) in [6.45, 7) is 5.33. The molecule has 0 saturated carbocycles. The van der Waals surface area contributed by atoms with Crippen molar-refractivity contribution in [3.8, 4) is 0 Å². The first kappa shape index (κ1) is 15.3. The number of halogens is 3. The molecule has 0 radical (unpaired) electrons. The third-order valence-electron chi connectivity index (χ3n) is 3.74. The van der Waals surface area contributed by atoms with E-state index in [0.29, 0.717) is 0 Å². The molecule has 1 atom stereocenters. The van der Waals surface area contributed by atoms with Crippen molar-refractivity contribution in [3.63, 3.8) is 0 Å². The largest absolute Gasteiger partial charge is 0.309 e. The lowest BCUT2D eigenvalue weighted by Crippen LogP contribution is -2.41. The summed E-state index contributed by atoms with van der Waals surface area (Å²) < 4.78 is 39.4. The van der Waals surface area contributed by atoms with E-state index in [-0.39, 0.29) is 18.2 Å². The lowest BCUT2D eigenvalue weighted by atomic mass is 10.1. The SMILES string of the molecule is CC(CN1CCCCC1)NCc1ccc(F)c(F)c1F. The number of hydrogen-bond donors (Lipinski definition) is 1. The van der Waals surface area contributed by atoms with E-state index < -0.39 is 17.5 Å². The Kier molecular flexibility index (Phi) is 5.43. The molecule has 0 aliphatic carbocycles. The van der Waals surface area contributed by atoms with Crippen LogP contribution in [0.2, 0.25) is 0 Å². The predicted molar refractivity (Wildman–Crippen MR) is 72.9 cm³/mol. The minimum atomic E-state index is -1.40. The Morgan fingerprint density at radius 3 is 2.50 bits per heavy atom. The van der Waals surface area contributed by atoms with Gasteiger partial charge in [-0.05, 0) is 38.9 Å². The van der Waals surface area contributed by atoms with Gasteiger partial charge in [-0.1, -0.05) is 12.5 Å². The number of likely N-dealkylation sites (tertiary alicyclic amines) is 1. The predicted octanol–water partition coefficient (Wildman–Crippen LogP) is 3.07. The minimum absolute atomic E-state index is 0.161. The van der Waals surface area contributed by atoms with E-state index in [9.17, 15) is 13.2 Å². The summed E-state index contributed by atoms with van der Waals surface area (Å²) in [5.41, 5.74) is 0.161. The van der Waals surface area contributed by atoms with Crippen LogP contribution in [0, 0.1) is 17.5 Å². The van der Waals surface area contributed by atoms with Crippen molar-refractivity contribution < 1.29 is 13.2 Å². The van der Waals surface area contributed by atoms with Gasteiger partial charge in [-0.3, -0.25) is 0 Å². The summed E-state index contributed by atoms with van der Waals surface area (Å²) in [5.74, 6) is -3.64. The highest BCUT2D eigenvalue weighted by atomic mass is 19.2. The van der Waals surface area contributed by atoms with Gasteiger partial charge in [-0.25, -0.2) is 13.2 Å². The molecular formula is C15H21F3N2. The second kappa shape index (κ2) is 7.09. The maximum Gasteiger partial charge on any atom is 0.194 e. The maximum absolute atomic E-state index is 13.5. The molecule has 20 heavy (non-hydrogen) atoms. The summed E-state index contributed by atoms with van der Waals surface area (Å²) >= 11 is 0. The summed E-state index contributed by atoms with van der Waals surface area (Å²) in [4.78, 5) is 2.38. The normalized spacial score (nSPS) is 18.2. The van der Waals surface area contributed by atoms with E-state index >= 15 is 0 Å². The molecule has 1 aliphatic rings. The molecule has 1 saturated heterocycles. The second-order valence-electron chi connectivity index (χ2n) is 5.48. The van der Waals surface area contributed by atoms with Gasteiger partial charge in [0, 0.05) is 24.7 Å². The molecule has 0 amide bonds. The first-order valence-electron chi connectivity index (χ1n) is 7.16. The molecule has 1 fully saturated rings. The standard InChI is InChI=1S/C15H21F3N2/c1-11(10-20-7-3-2-4-8-20)19-9-12-5-6-13(16)15(18)14(12)17/h5-6,11,19H,2-4,7-10H2,1H3. The van der Waals surface area contributed by atoms with E-state index in [1.54, 1.807) is 0 Å². The smallest absolute Gasteiger partial charge is 0.194 e. The molecule has 1 aromatic rings. The highest BCUT2D eigenvalue weighted by Gasteiger charge is 2.16. The van der Waals surface area contributed by atoms with E-state index in [1.807, 2.05) is 6.92 Å². The fourth-order valence-corrected chi connectivity index (χ4v) is 2.58. The summed E-state index contributed by atoms with van der Waals surface area (Å²) in [6.07, 6.45) is 3.74. The van der Waals surface area contributed by atoms with Gasteiger partial charge >= 0.3 is 0 Å². The second-order valence-corrected chi connectivity index (χ2v) is 5.48. The zero-order chi connectivity index (χ0) is 14.5. The molecule has 112 valence electrons. The lowest BCUT2D eigenvalue weighted by molar-refractivity contribution is 0.208. The van der Waals surface area contributed by atoms with Gasteiger partial charge in [0.1, 0.15) is 0 Å². The van der Waals surface area contributed by atoms with Crippen LogP contribution in [-0.2, 0) is 6.54 Å². The number of piperidine rings is 1. The Morgan fingerprint density at radius 2 is 1.80 bits per heavy atom. The van der Waals surface area contributed by atoms with Crippen LogP contribution in [0.15, 0.2) is 12.1 Å². The van der Waals surface area contributed by atoms with E-state index in [4.69, 9.17) is 0 Å². The fraction of sp³-hybridized carbons (Fsp3) is 0.600. The van der Waals surface area contributed by atoms with Crippen LogP contribution in [0.25, 0.3) is 0 Å². The maximum atomic E-state index is 13.5. The number of hydrogen-bond acceptors (Lipinski definition) is 2. The lowest BCUT2D eigenvalue weighted by Gasteiger charge is -2.29.